The van der Waals surface area contributed by atoms with Gasteiger partial charge in [0.25, 0.3) is 5.91 Å². The second-order valence-corrected chi connectivity index (χ2v) is 8.81. The van der Waals surface area contributed by atoms with Gasteiger partial charge in [-0.15, -0.1) is 0 Å². The van der Waals surface area contributed by atoms with Gasteiger partial charge in [-0.05, 0) is 46.9 Å². The second-order valence-electron chi connectivity index (χ2n) is 8.81. The average molecular weight is 488 g/mol. The minimum Gasteiger partial charge on any atom is -0.459 e. The number of benzene rings is 3. The van der Waals surface area contributed by atoms with Gasteiger partial charge in [0, 0.05) is 18.9 Å². The predicted molar refractivity (Wildman–Crippen MR) is 133 cm³/mol. The molecule has 0 aliphatic carbocycles. The first-order chi connectivity index (χ1) is 17.7. The molecule has 0 unspecified atom stereocenters. The molecule has 2 aliphatic heterocycles. The fourth-order valence-corrected chi connectivity index (χ4v) is 4.28. The van der Waals surface area contributed by atoms with Crippen LogP contribution >= 0.6 is 0 Å². The van der Waals surface area contributed by atoms with Crippen molar-refractivity contribution in [1.82, 2.24) is 5.32 Å². The molecule has 2 aliphatic rings. The monoisotopic (exact) mass is 487 g/mol. The molecule has 0 saturated carbocycles. The molecular formula is C29H29NO6. The molecule has 186 valence electrons. The lowest BCUT2D eigenvalue weighted by Gasteiger charge is -2.29. The maximum absolute atomic E-state index is 13.0. The van der Waals surface area contributed by atoms with Crippen LogP contribution < -0.4 is 14.8 Å². The summed E-state index contributed by atoms with van der Waals surface area (Å²) in [5.74, 6) is 1.30. The number of aliphatic hydroxyl groups is 1. The first-order valence-corrected chi connectivity index (χ1v) is 12.1. The maximum atomic E-state index is 13.0. The van der Waals surface area contributed by atoms with Crippen LogP contribution in [0.15, 0.2) is 84.6 Å². The topological polar surface area (TPSA) is 86.3 Å². The highest BCUT2D eigenvalue weighted by Crippen LogP contribution is 2.38. The van der Waals surface area contributed by atoms with Gasteiger partial charge in [-0.25, -0.2) is 0 Å². The minimum atomic E-state index is -0.599. The fraction of sp³-hybridized carbons (Fsp3) is 0.276. The number of fused-ring (bicyclic) bond motifs is 1. The lowest BCUT2D eigenvalue weighted by molar-refractivity contribution is -0.150. The highest BCUT2D eigenvalue weighted by molar-refractivity contribution is 5.91. The van der Waals surface area contributed by atoms with Gasteiger partial charge in [-0.1, -0.05) is 60.7 Å². The summed E-state index contributed by atoms with van der Waals surface area (Å²) in [6.45, 7) is 1.03. The summed E-state index contributed by atoms with van der Waals surface area (Å²) in [5, 5.41) is 12.2. The largest absolute Gasteiger partial charge is 0.459 e. The number of amides is 1. The number of aliphatic hydroxyl groups excluding tert-OH is 1. The van der Waals surface area contributed by atoms with Crippen LogP contribution in [0.1, 0.15) is 34.6 Å². The van der Waals surface area contributed by atoms with Crippen LogP contribution in [0.3, 0.4) is 0 Å². The van der Waals surface area contributed by atoms with Crippen LogP contribution in [-0.2, 0) is 33.9 Å². The molecule has 0 spiro atoms. The van der Waals surface area contributed by atoms with E-state index >= 15 is 0 Å². The molecule has 7 nitrogen and oxygen atoms in total. The first kappa shape index (κ1) is 23.9. The lowest BCUT2D eigenvalue weighted by Crippen LogP contribution is -2.33. The summed E-state index contributed by atoms with van der Waals surface area (Å²) in [6.07, 6.45) is 2.54. The molecule has 0 saturated heterocycles. The highest BCUT2D eigenvalue weighted by Gasteiger charge is 2.29. The molecule has 0 radical (unpaired) electrons. The molecule has 36 heavy (non-hydrogen) atoms. The average Bonchev–Trinajstić information content (AvgIpc) is 3.41. The molecule has 2 atom stereocenters. The zero-order valence-corrected chi connectivity index (χ0v) is 19.9. The standard InChI is InChI=1S/C29H29NO6/c31-17-21-6-8-22(9-7-21)18-33-28-16-24(23-10-11-25-26(14-23)35-19-34-25)15-27(36-28)29(32)30-13-12-20-4-2-1-3-5-20/h1-11,14-15,24,28,31H,12-13,16-19H2,(H,30,32)/t24-,28+/m1/s1. The quantitative estimate of drug-likeness (QED) is 0.471. The van der Waals surface area contributed by atoms with Gasteiger partial charge < -0.3 is 29.4 Å². The SMILES string of the molecule is O=C(NCCc1ccccc1)C1=C[C@@H](c2ccc3c(c2)OCO3)C[C@@H](OCc2ccc(CO)cc2)O1. The molecule has 5 rings (SSSR count). The summed E-state index contributed by atoms with van der Waals surface area (Å²) >= 11 is 0. The molecule has 2 N–H and O–H groups in total. The van der Waals surface area contributed by atoms with E-state index in [1.54, 1.807) is 0 Å². The maximum Gasteiger partial charge on any atom is 0.286 e. The summed E-state index contributed by atoms with van der Waals surface area (Å²) in [6, 6.07) is 23.4. The van der Waals surface area contributed by atoms with Crippen LogP contribution in [0.2, 0.25) is 0 Å². The summed E-state index contributed by atoms with van der Waals surface area (Å²) in [4.78, 5) is 13.0. The Bertz CT molecular complexity index is 1210. The number of hydrogen-bond donors (Lipinski definition) is 2. The van der Waals surface area contributed by atoms with Gasteiger partial charge in [0.15, 0.2) is 17.3 Å². The Morgan fingerprint density at radius 3 is 2.53 bits per heavy atom. The minimum absolute atomic E-state index is 0.00236. The third-order valence-electron chi connectivity index (χ3n) is 6.29. The van der Waals surface area contributed by atoms with Crippen molar-refractivity contribution in [2.75, 3.05) is 13.3 Å². The third kappa shape index (κ3) is 5.87. The van der Waals surface area contributed by atoms with E-state index in [0.717, 1.165) is 28.7 Å². The zero-order valence-electron chi connectivity index (χ0n) is 19.9. The molecule has 0 bridgehead atoms. The number of hydrogen-bond acceptors (Lipinski definition) is 6. The van der Waals surface area contributed by atoms with Crippen molar-refractivity contribution in [2.24, 2.45) is 0 Å². The van der Waals surface area contributed by atoms with Gasteiger partial charge in [0.2, 0.25) is 13.1 Å². The molecule has 2 heterocycles. The van der Waals surface area contributed by atoms with Crippen LogP contribution in [-0.4, -0.2) is 30.6 Å². The van der Waals surface area contributed by atoms with E-state index in [2.05, 4.69) is 5.32 Å². The van der Waals surface area contributed by atoms with Crippen molar-refractivity contribution < 1.29 is 28.8 Å². The van der Waals surface area contributed by atoms with Crippen molar-refractivity contribution in [1.29, 1.82) is 0 Å². The Labute approximate surface area is 210 Å². The van der Waals surface area contributed by atoms with Crippen molar-refractivity contribution in [3.63, 3.8) is 0 Å². The van der Waals surface area contributed by atoms with E-state index in [-0.39, 0.29) is 31.0 Å². The number of allylic oxidation sites excluding steroid dienone is 1. The number of carbonyl (C=O) groups is 1. The van der Waals surface area contributed by atoms with Crippen molar-refractivity contribution >= 4 is 5.91 Å². The molecular weight excluding hydrogens is 458 g/mol. The van der Waals surface area contributed by atoms with E-state index in [9.17, 15) is 9.90 Å². The number of carbonyl (C=O) groups excluding carboxylic acids is 1. The van der Waals surface area contributed by atoms with E-state index in [1.807, 2.05) is 78.9 Å². The zero-order chi connectivity index (χ0) is 24.7. The summed E-state index contributed by atoms with van der Waals surface area (Å²) in [5.41, 5.74) is 3.95. The van der Waals surface area contributed by atoms with Gasteiger partial charge in [-0.3, -0.25) is 4.79 Å². The molecule has 3 aromatic rings. The Kier molecular flexibility index (Phi) is 7.50. The third-order valence-corrected chi connectivity index (χ3v) is 6.29. The van der Waals surface area contributed by atoms with E-state index < -0.39 is 6.29 Å². The van der Waals surface area contributed by atoms with E-state index in [4.69, 9.17) is 18.9 Å². The van der Waals surface area contributed by atoms with Crippen LogP contribution in [0, 0.1) is 0 Å². The number of rotatable bonds is 9. The smallest absolute Gasteiger partial charge is 0.286 e. The van der Waals surface area contributed by atoms with Crippen LogP contribution in [0.5, 0.6) is 11.5 Å². The molecule has 3 aromatic carbocycles. The molecule has 0 aromatic heterocycles. The molecule has 1 amide bonds. The predicted octanol–water partition coefficient (Wildman–Crippen LogP) is 4.20. The highest BCUT2D eigenvalue weighted by atomic mass is 16.7. The van der Waals surface area contributed by atoms with Gasteiger partial charge >= 0.3 is 0 Å². The fourth-order valence-electron chi connectivity index (χ4n) is 4.28. The normalized spacial score (nSPS) is 18.3. The van der Waals surface area contributed by atoms with Crippen molar-refractivity contribution in [2.45, 2.75) is 38.3 Å². The Hall–Kier alpha value is -3.81. The Balaban J connectivity index is 1.28. The second kappa shape index (κ2) is 11.3. The Morgan fingerprint density at radius 2 is 1.72 bits per heavy atom. The van der Waals surface area contributed by atoms with Gasteiger partial charge in [0.05, 0.1) is 13.2 Å². The summed E-state index contributed by atoms with van der Waals surface area (Å²) < 4.78 is 23.1. The first-order valence-electron chi connectivity index (χ1n) is 12.1. The number of nitrogens with one attached hydrogen (secondary N) is 1. The van der Waals surface area contributed by atoms with Crippen molar-refractivity contribution in [3.05, 3.63) is 107 Å². The van der Waals surface area contributed by atoms with Gasteiger partial charge in [-0.2, -0.15) is 0 Å². The lowest BCUT2D eigenvalue weighted by atomic mass is 9.92. The van der Waals surface area contributed by atoms with Gasteiger partial charge in [0.1, 0.15) is 0 Å². The van der Waals surface area contributed by atoms with E-state index in [0.29, 0.717) is 31.1 Å². The van der Waals surface area contributed by atoms with Crippen LogP contribution in [0.25, 0.3) is 0 Å². The van der Waals surface area contributed by atoms with Crippen LogP contribution in [0.4, 0.5) is 0 Å². The van der Waals surface area contributed by atoms with Crippen molar-refractivity contribution in [3.8, 4) is 11.5 Å². The molecule has 0 fully saturated rings. The Morgan fingerprint density at radius 1 is 0.944 bits per heavy atom. The summed E-state index contributed by atoms with van der Waals surface area (Å²) in [7, 11) is 0. The number of ether oxygens (including phenoxy) is 4. The van der Waals surface area contributed by atoms with E-state index in [1.165, 1.54) is 0 Å². The molecule has 7 heteroatoms.